The van der Waals surface area contributed by atoms with Gasteiger partial charge in [0.2, 0.25) is 5.88 Å². The molecule has 0 fully saturated rings. The highest BCUT2D eigenvalue weighted by Crippen LogP contribution is 2.34. The van der Waals surface area contributed by atoms with Gasteiger partial charge < -0.3 is 9.84 Å². The van der Waals surface area contributed by atoms with Gasteiger partial charge in [-0.1, -0.05) is 6.07 Å². The molecule has 2 aromatic rings. The van der Waals surface area contributed by atoms with Gasteiger partial charge in [0.15, 0.2) is 11.3 Å². The summed E-state index contributed by atoms with van der Waals surface area (Å²) in [5, 5.41) is 20.1. The topological polar surface area (TPSA) is 103 Å². The number of hydrogen-bond donors (Lipinski definition) is 1. The van der Waals surface area contributed by atoms with Gasteiger partial charge in [0.1, 0.15) is 0 Å². The number of nitro groups is 1. The summed E-state index contributed by atoms with van der Waals surface area (Å²) in [6, 6.07) is 5.42. The first-order chi connectivity index (χ1) is 9.90. The van der Waals surface area contributed by atoms with Gasteiger partial charge >= 0.3 is 5.97 Å². The Morgan fingerprint density at radius 2 is 2.10 bits per heavy atom. The molecule has 0 aliphatic heterocycles. The van der Waals surface area contributed by atoms with Crippen LogP contribution in [-0.4, -0.2) is 21.0 Å². The van der Waals surface area contributed by atoms with Crippen molar-refractivity contribution < 1.29 is 19.6 Å². The first-order valence-corrected chi connectivity index (χ1v) is 6.98. The molecule has 0 saturated carbocycles. The smallest absolute Gasteiger partial charge is 0.346 e. The summed E-state index contributed by atoms with van der Waals surface area (Å²) in [6.07, 6.45) is 1.46. The fourth-order valence-corrected chi connectivity index (χ4v) is 2.62. The highest BCUT2D eigenvalue weighted by atomic mass is 79.9. The Morgan fingerprint density at radius 3 is 2.67 bits per heavy atom. The highest BCUT2D eigenvalue weighted by Gasteiger charge is 2.25. The van der Waals surface area contributed by atoms with E-state index in [0.717, 1.165) is 6.07 Å². The third kappa shape index (κ3) is 3.37. The lowest BCUT2D eigenvalue weighted by molar-refractivity contribution is -0.385. The third-order valence-electron chi connectivity index (χ3n) is 2.40. The normalized spacial score (nSPS) is 10.2. The van der Waals surface area contributed by atoms with Gasteiger partial charge in [0, 0.05) is 16.7 Å². The second-order valence-corrected chi connectivity index (χ2v) is 5.53. The van der Waals surface area contributed by atoms with E-state index >= 15 is 0 Å². The molecular formula is C12H6Br2N2O5. The van der Waals surface area contributed by atoms with Crippen molar-refractivity contribution in [2.45, 2.75) is 0 Å². The number of nitro benzene ring substituents is 1. The van der Waals surface area contributed by atoms with Crippen LogP contribution in [0.3, 0.4) is 0 Å². The first-order valence-electron chi connectivity index (χ1n) is 5.39. The number of pyridine rings is 1. The van der Waals surface area contributed by atoms with Gasteiger partial charge in [-0.25, -0.2) is 9.78 Å². The average molecular weight is 418 g/mol. The second-order valence-electron chi connectivity index (χ2n) is 3.76. The molecule has 0 bridgehead atoms. The summed E-state index contributed by atoms with van der Waals surface area (Å²) < 4.78 is 6.55. The Labute approximate surface area is 135 Å². The number of carboxylic acid groups (broad SMARTS) is 1. The van der Waals surface area contributed by atoms with Crippen LogP contribution in [0.1, 0.15) is 10.4 Å². The molecule has 2 rings (SSSR count). The molecule has 1 heterocycles. The van der Waals surface area contributed by atoms with Crippen LogP contribution in [0.4, 0.5) is 5.69 Å². The van der Waals surface area contributed by atoms with Crippen LogP contribution >= 0.6 is 31.9 Å². The summed E-state index contributed by atoms with van der Waals surface area (Å²) in [7, 11) is 0. The molecule has 0 atom stereocenters. The lowest BCUT2D eigenvalue weighted by Crippen LogP contribution is -2.05. The molecule has 1 aromatic heterocycles. The predicted molar refractivity (Wildman–Crippen MR) is 79.8 cm³/mol. The van der Waals surface area contributed by atoms with E-state index in [0.29, 0.717) is 8.95 Å². The Kier molecular flexibility index (Phi) is 4.53. The number of carboxylic acids is 1. The molecule has 9 heteroatoms. The van der Waals surface area contributed by atoms with Crippen molar-refractivity contribution in [3.63, 3.8) is 0 Å². The number of hydrogen-bond acceptors (Lipinski definition) is 5. The summed E-state index contributed by atoms with van der Waals surface area (Å²) >= 11 is 6.43. The van der Waals surface area contributed by atoms with Crippen LogP contribution in [0.2, 0.25) is 0 Å². The Balaban J connectivity index is 2.51. The van der Waals surface area contributed by atoms with Crippen molar-refractivity contribution in [1.29, 1.82) is 0 Å². The maximum atomic E-state index is 11.3. The zero-order chi connectivity index (χ0) is 15.6. The standard InChI is InChI=1S/C12H6Br2N2O5/c13-6-4-7(14)11(15-5-6)21-9-3-1-2-8(16(19)20)10(9)12(17)18/h1-5H,(H,17,18). The average Bonchev–Trinajstić information content (AvgIpc) is 2.41. The molecule has 0 aliphatic carbocycles. The maximum absolute atomic E-state index is 11.3. The Morgan fingerprint density at radius 1 is 1.38 bits per heavy atom. The molecular weight excluding hydrogens is 412 g/mol. The van der Waals surface area contributed by atoms with E-state index in [2.05, 4.69) is 36.8 Å². The summed E-state index contributed by atoms with van der Waals surface area (Å²) in [5.41, 5.74) is -1.08. The van der Waals surface area contributed by atoms with Crippen molar-refractivity contribution in [3.05, 3.63) is 55.1 Å². The molecule has 0 aliphatic rings. The van der Waals surface area contributed by atoms with Gasteiger partial charge in [0.05, 0.1) is 9.40 Å². The minimum atomic E-state index is -1.45. The predicted octanol–water partition coefficient (Wildman–Crippen LogP) is 4.01. The Bertz CT molecular complexity index is 736. The van der Waals surface area contributed by atoms with Crippen LogP contribution in [0.15, 0.2) is 39.4 Å². The number of aromatic nitrogens is 1. The van der Waals surface area contributed by atoms with Crippen molar-refractivity contribution in [2.75, 3.05) is 0 Å². The number of halogens is 2. The summed E-state index contributed by atoms with van der Waals surface area (Å²) in [5.74, 6) is -1.51. The summed E-state index contributed by atoms with van der Waals surface area (Å²) in [6.45, 7) is 0. The van der Waals surface area contributed by atoms with Crippen LogP contribution in [-0.2, 0) is 0 Å². The first kappa shape index (κ1) is 15.4. The molecule has 7 nitrogen and oxygen atoms in total. The molecule has 0 saturated heterocycles. The van der Waals surface area contributed by atoms with E-state index in [-0.39, 0.29) is 11.6 Å². The largest absolute Gasteiger partial charge is 0.477 e. The number of nitrogens with zero attached hydrogens (tertiary/aromatic N) is 2. The van der Waals surface area contributed by atoms with Gasteiger partial charge in [0.25, 0.3) is 5.69 Å². The van der Waals surface area contributed by atoms with Crippen molar-refractivity contribution in [2.24, 2.45) is 0 Å². The van der Waals surface area contributed by atoms with E-state index < -0.39 is 22.1 Å². The van der Waals surface area contributed by atoms with Crippen LogP contribution < -0.4 is 4.74 Å². The number of rotatable bonds is 4. The van der Waals surface area contributed by atoms with Crippen molar-refractivity contribution >= 4 is 43.5 Å². The van der Waals surface area contributed by atoms with Crippen LogP contribution in [0.25, 0.3) is 0 Å². The van der Waals surface area contributed by atoms with Crippen molar-refractivity contribution in [3.8, 4) is 11.6 Å². The van der Waals surface area contributed by atoms with Gasteiger partial charge in [-0.15, -0.1) is 0 Å². The molecule has 0 radical (unpaired) electrons. The van der Waals surface area contributed by atoms with Gasteiger partial charge in [-0.2, -0.15) is 0 Å². The van der Waals surface area contributed by atoms with Crippen LogP contribution in [0.5, 0.6) is 11.6 Å². The molecule has 0 spiro atoms. The molecule has 0 unspecified atom stereocenters. The lowest BCUT2D eigenvalue weighted by Gasteiger charge is -2.09. The molecule has 0 amide bonds. The summed E-state index contributed by atoms with van der Waals surface area (Å²) in [4.78, 5) is 25.3. The quantitative estimate of drug-likeness (QED) is 0.595. The van der Waals surface area contributed by atoms with E-state index in [1.165, 1.54) is 18.3 Å². The number of carbonyl (C=O) groups is 1. The van der Waals surface area contributed by atoms with E-state index in [9.17, 15) is 14.9 Å². The minimum Gasteiger partial charge on any atom is -0.477 e. The Hall–Kier alpha value is -2.00. The number of benzene rings is 1. The third-order valence-corrected chi connectivity index (χ3v) is 3.40. The second kappa shape index (κ2) is 6.19. The van der Waals surface area contributed by atoms with Gasteiger partial charge in [-0.3, -0.25) is 10.1 Å². The zero-order valence-corrected chi connectivity index (χ0v) is 13.3. The molecule has 21 heavy (non-hydrogen) atoms. The zero-order valence-electron chi connectivity index (χ0n) is 10.1. The fraction of sp³-hybridized carbons (Fsp3) is 0. The van der Waals surface area contributed by atoms with Crippen molar-refractivity contribution in [1.82, 2.24) is 4.98 Å². The highest BCUT2D eigenvalue weighted by molar-refractivity contribution is 9.11. The fourth-order valence-electron chi connectivity index (χ4n) is 1.55. The van der Waals surface area contributed by atoms with E-state index in [1.807, 2.05) is 0 Å². The SMILES string of the molecule is O=C(O)c1c(Oc2ncc(Br)cc2Br)cccc1[N+](=O)[O-]. The molecule has 1 aromatic carbocycles. The maximum Gasteiger partial charge on any atom is 0.346 e. The molecule has 1 N–H and O–H groups in total. The number of ether oxygens (including phenoxy) is 1. The van der Waals surface area contributed by atoms with E-state index in [4.69, 9.17) is 9.84 Å². The van der Waals surface area contributed by atoms with Gasteiger partial charge in [-0.05, 0) is 44.0 Å². The van der Waals surface area contributed by atoms with E-state index in [1.54, 1.807) is 6.07 Å². The lowest BCUT2D eigenvalue weighted by atomic mass is 10.1. The monoisotopic (exact) mass is 416 g/mol. The minimum absolute atomic E-state index is 0.0983. The number of aromatic carboxylic acids is 1. The molecule has 108 valence electrons. The van der Waals surface area contributed by atoms with Crippen LogP contribution in [0, 0.1) is 10.1 Å².